The summed E-state index contributed by atoms with van der Waals surface area (Å²) in [5, 5.41) is 5.36. The van der Waals surface area contributed by atoms with Crippen LogP contribution in [0.3, 0.4) is 0 Å². The van der Waals surface area contributed by atoms with Gasteiger partial charge in [-0.2, -0.15) is 5.10 Å². The van der Waals surface area contributed by atoms with Crippen molar-refractivity contribution < 1.29 is 9.59 Å². The summed E-state index contributed by atoms with van der Waals surface area (Å²) in [6.07, 6.45) is 8.12. The SMILES string of the molecule is C=C(Cc1cccc(N2CCCC2=O)c1)C(=O)/C=C\N(N)c1cnn(C)c1. The fourth-order valence-electron chi connectivity index (χ4n) is 2.98. The van der Waals surface area contributed by atoms with Crippen molar-refractivity contribution in [1.29, 1.82) is 0 Å². The standard InChI is InChI=1S/C20H23N5O2/c1-15(19(26)8-10-25(21)18-13-22-23(2)14-18)11-16-5-3-6-17(12-16)24-9-4-7-20(24)27/h3,5-6,8,10,12-14H,1,4,7,9,11,21H2,2H3/b10-8-. The molecule has 2 aromatic rings. The highest BCUT2D eigenvalue weighted by atomic mass is 16.2. The Bertz CT molecular complexity index is 899. The Kier molecular flexibility index (Phi) is 5.52. The minimum Gasteiger partial charge on any atom is -0.312 e. The molecule has 7 heteroatoms. The first-order valence-corrected chi connectivity index (χ1v) is 8.76. The zero-order chi connectivity index (χ0) is 19.4. The number of anilines is 2. The number of aromatic nitrogens is 2. The van der Waals surface area contributed by atoms with Gasteiger partial charge in [0.25, 0.3) is 0 Å². The first-order chi connectivity index (χ1) is 12.9. The highest BCUT2D eigenvalue weighted by molar-refractivity contribution is 6.04. The van der Waals surface area contributed by atoms with E-state index in [0.29, 0.717) is 24.1 Å². The zero-order valence-corrected chi connectivity index (χ0v) is 15.3. The van der Waals surface area contributed by atoms with Gasteiger partial charge in [0.1, 0.15) is 0 Å². The fourth-order valence-corrected chi connectivity index (χ4v) is 2.98. The number of carbonyl (C=O) groups excluding carboxylic acids is 2. The zero-order valence-electron chi connectivity index (χ0n) is 15.3. The van der Waals surface area contributed by atoms with E-state index in [4.69, 9.17) is 5.84 Å². The summed E-state index contributed by atoms with van der Waals surface area (Å²) >= 11 is 0. The lowest BCUT2D eigenvalue weighted by molar-refractivity contribution is -0.117. The van der Waals surface area contributed by atoms with Crippen molar-refractivity contribution in [1.82, 2.24) is 9.78 Å². The molecular formula is C20H23N5O2. The van der Waals surface area contributed by atoms with Crippen molar-refractivity contribution >= 4 is 23.1 Å². The average molecular weight is 365 g/mol. The van der Waals surface area contributed by atoms with E-state index in [1.54, 1.807) is 29.0 Å². The van der Waals surface area contributed by atoms with E-state index in [9.17, 15) is 9.59 Å². The number of hydrogen-bond acceptors (Lipinski definition) is 5. The van der Waals surface area contributed by atoms with E-state index in [0.717, 1.165) is 24.2 Å². The van der Waals surface area contributed by atoms with Crippen molar-refractivity contribution in [3.8, 4) is 0 Å². The molecule has 140 valence electrons. The van der Waals surface area contributed by atoms with Gasteiger partial charge < -0.3 is 4.90 Å². The summed E-state index contributed by atoms with van der Waals surface area (Å²) in [6, 6.07) is 7.68. The Balaban J connectivity index is 1.62. The molecule has 1 aromatic heterocycles. The van der Waals surface area contributed by atoms with Crippen LogP contribution in [0.1, 0.15) is 18.4 Å². The molecule has 1 aliphatic rings. The van der Waals surface area contributed by atoms with Gasteiger partial charge in [0.05, 0.1) is 11.9 Å². The molecule has 0 atom stereocenters. The summed E-state index contributed by atoms with van der Waals surface area (Å²) < 4.78 is 1.63. The van der Waals surface area contributed by atoms with Crippen molar-refractivity contribution in [3.05, 3.63) is 66.7 Å². The number of ketones is 1. The number of carbonyl (C=O) groups is 2. The molecule has 0 radical (unpaired) electrons. The predicted octanol–water partition coefficient (Wildman–Crippen LogP) is 2.11. The van der Waals surface area contributed by atoms with Gasteiger partial charge in [-0.15, -0.1) is 0 Å². The average Bonchev–Trinajstić information content (AvgIpc) is 3.27. The van der Waals surface area contributed by atoms with Crippen LogP contribution in [0, 0.1) is 0 Å². The third-order valence-electron chi connectivity index (χ3n) is 4.44. The van der Waals surface area contributed by atoms with Crippen molar-refractivity contribution in [2.45, 2.75) is 19.3 Å². The van der Waals surface area contributed by atoms with Crippen LogP contribution in [0.5, 0.6) is 0 Å². The monoisotopic (exact) mass is 365 g/mol. The Labute approximate surface area is 158 Å². The van der Waals surface area contributed by atoms with Crippen LogP contribution in [-0.2, 0) is 23.1 Å². The fraction of sp³-hybridized carbons (Fsp3) is 0.250. The van der Waals surface area contributed by atoms with Crippen LogP contribution in [0.4, 0.5) is 11.4 Å². The van der Waals surface area contributed by atoms with Gasteiger partial charge in [0.2, 0.25) is 5.91 Å². The van der Waals surface area contributed by atoms with E-state index in [-0.39, 0.29) is 11.7 Å². The highest BCUT2D eigenvalue weighted by Crippen LogP contribution is 2.23. The number of rotatable bonds is 7. The Morgan fingerprint density at radius 1 is 1.44 bits per heavy atom. The second-order valence-corrected chi connectivity index (χ2v) is 6.56. The molecule has 3 rings (SSSR count). The maximum Gasteiger partial charge on any atom is 0.227 e. The molecule has 0 unspecified atom stereocenters. The number of benzene rings is 1. The maximum absolute atomic E-state index is 12.3. The Hall–Kier alpha value is -3.19. The van der Waals surface area contributed by atoms with E-state index < -0.39 is 0 Å². The number of nitrogens with two attached hydrogens (primary N) is 1. The quantitative estimate of drug-likeness (QED) is 0.461. The van der Waals surface area contributed by atoms with Crippen LogP contribution in [0.2, 0.25) is 0 Å². The highest BCUT2D eigenvalue weighted by Gasteiger charge is 2.21. The number of amides is 1. The second-order valence-electron chi connectivity index (χ2n) is 6.56. The summed E-state index contributed by atoms with van der Waals surface area (Å²) in [6.45, 7) is 4.63. The first kappa shape index (κ1) is 18.6. The smallest absolute Gasteiger partial charge is 0.227 e. The summed E-state index contributed by atoms with van der Waals surface area (Å²) in [5.74, 6) is 5.83. The summed E-state index contributed by atoms with van der Waals surface area (Å²) in [4.78, 5) is 26.0. The van der Waals surface area contributed by atoms with Crippen molar-refractivity contribution in [2.75, 3.05) is 16.5 Å². The molecule has 0 spiro atoms. The molecule has 2 heterocycles. The van der Waals surface area contributed by atoms with Gasteiger partial charge in [-0.1, -0.05) is 18.7 Å². The van der Waals surface area contributed by atoms with E-state index in [1.165, 1.54) is 17.3 Å². The summed E-state index contributed by atoms with van der Waals surface area (Å²) in [7, 11) is 1.79. The van der Waals surface area contributed by atoms with Crippen LogP contribution in [-0.4, -0.2) is 28.0 Å². The lowest BCUT2D eigenvalue weighted by Gasteiger charge is -2.16. The number of allylic oxidation sites excluding steroid dienone is 2. The molecule has 0 aliphatic carbocycles. The van der Waals surface area contributed by atoms with E-state index in [1.807, 2.05) is 24.3 Å². The second kappa shape index (κ2) is 8.01. The third-order valence-corrected chi connectivity index (χ3v) is 4.44. The topological polar surface area (TPSA) is 84.5 Å². The first-order valence-electron chi connectivity index (χ1n) is 8.76. The van der Waals surface area contributed by atoms with Gasteiger partial charge in [-0.3, -0.25) is 19.3 Å². The maximum atomic E-state index is 12.3. The molecule has 1 amide bonds. The third kappa shape index (κ3) is 4.51. The van der Waals surface area contributed by atoms with Gasteiger partial charge in [-0.25, -0.2) is 5.84 Å². The Morgan fingerprint density at radius 3 is 2.93 bits per heavy atom. The molecule has 0 saturated carbocycles. The number of hydrogen-bond donors (Lipinski definition) is 1. The van der Waals surface area contributed by atoms with E-state index in [2.05, 4.69) is 11.7 Å². The minimum atomic E-state index is -0.197. The molecule has 1 saturated heterocycles. The molecular weight excluding hydrogens is 342 g/mol. The summed E-state index contributed by atoms with van der Waals surface area (Å²) in [5.41, 5.74) is 2.94. The van der Waals surface area contributed by atoms with Gasteiger partial charge >= 0.3 is 0 Å². The number of aryl methyl sites for hydroxylation is 1. The van der Waals surface area contributed by atoms with Crippen molar-refractivity contribution in [3.63, 3.8) is 0 Å². The largest absolute Gasteiger partial charge is 0.312 e. The molecule has 1 aromatic carbocycles. The van der Waals surface area contributed by atoms with Gasteiger partial charge in [-0.05, 0) is 29.7 Å². The molecule has 1 aliphatic heterocycles. The lowest BCUT2D eigenvalue weighted by atomic mass is 10.0. The minimum absolute atomic E-state index is 0.142. The van der Waals surface area contributed by atoms with Crippen LogP contribution >= 0.6 is 0 Å². The van der Waals surface area contributed by atoms with Crippen LogP contribution in [0.15, 0.2) is 61.1 Å². The van der Waals surface area contributed by atoms with Crippen LogP contribution < -0.4 is 15.8 Å². The lowest BCUT2D eigenvalue weighted by Crippen LogP contribution is -2.24. The molecule has 2 N–H and O–H groups in total. The molecule has 7 nitrogen and oxygen atoms in total. The molecule has 1 fully saturated rings. The normalized spacial score (nSPS) is 14.1. The molecule has 27 heavy (non-hydrogen) atoms. The Morgan fingerprint density at radius 2 is 2.26 bits per heavy atom. The van der Waals surface area contributed by atoms with Gasteiger partial charge in [0.15, 0.2) is 5.78 Å². The van der Waals surface area contributed by atoms with Crippen molar-refractivity contribution in [2.24, 2.45) is 12.9 Å². The number of nitrogens with zero attached hydrogens (tertiary/aromatic N) is 4. The van der Waals surface area contributed by atoms with Crippen LogP contribution in [0.25, 0.3) is 0 Å². The van der Waals surface area contributed by atoms with Gasteiger partial charge in [0, 0.05) is 50.6 Å². The molecule has 0 bridgehead atoms. The predicted molar refractivity (Wildman–Crippen MR) is 105 cm³/mol. The number of hydrazine groups is 1. The van der Waals surface area contributed by atoms with E-state index >= 15 is 0 Å².